The number of carbonyl (C=O) groups excluding carboxylic acids is 3. The highest BCUT2D eigenvalue weighted by molar-refractivity contribution is 8.14. The highest BCUT2D eigenvalue weighted by Gasteiger charge is 2.04. The third kappa shape index (κ3) is 5.49. The van der Waals surface area contributed by atoms with Crippen LogP contribution in [0.5, 0.6) is 0 Å². The molecule has 0 atom stereocenters. The number of anilines is 2. The van der Waals surface area contributed by atoms with Crippen LogP contribution in [-0.4, -0.2) is 22.7 Å². The van der Waals surface area contributed by atoms with E-state index in [0.717, 1.165) is 11.8 Å². The van der Waals surface area contributed by atoms with Gasteiger partial charge in [0.05, 0.1) is 5.75 Å². The van der Waals surface area contributed by atoms with Crippen molar-refractivity contribution in [3.63, 3.8) is 0 Å². The van der Waals surface area contributed by atoms with Crippen molar-refractivity contribution >= 4 is 40.1 Å². The van der Waals surface area contributed by atoms with Crippen LogP contribution >= 0.6 is 11.8 Å². The summed E-state index contributed by atoms with van der Waals surface area (Å²) in [5, 5.41) is 5.19. The van der Waals surface area contributed by atoms with Gasteiger partial charge >= 0.3 is 0 Å². The number of amides is 2. The third-order valence-electron chi connectivity index (χ3n) is 1.90. The van der Waals surface area contributed by atoms with E-state index in [0.29, 0.717) is 11.4 Å². The summed E-state index contributed by atoms with van der Waals surface area (Å²) >= 11 is 0.962. The topological polar surface area (TPSA) is 75.3 Å². The second-order valence-corrected chi connectivity index (χ2v) is 4.74. The number of thioether (sulfide) groups is 1. The van der Waals surface area contributed by atoms with Crippen molar-refractivity contribution in [1.82, 2.24) is 0 Å². The first-order valence-corrected chi connectivity index (χ1v) is 6.27. The Morgan fingerprint density at radius 2 is 1.50 bits per heavy atom. The molecule has 0 aliphatic carbocycles. The number of hydrogen-bond donors (Lipinski definition) is 2. The van der Waals surface area contributed by atoms with E-state index in [1.807, 2.05) is 0 Å². The highest BCUT2D eigenvalue weighted by Crippen LogP contribution is 2.14. The van der Waals surface area contributed by atoms with Gasteiger partial charge < -0.3 is 10.6 Å². The Labute approximate surface area is 109 Å². The molecule has 1 aromatic rings. The summed E-state index contributed by atoms with van der Waals surface area (Å²) in [6.45, 7) is 2.84. The van der Waals surface area contributed by atoms with Crippen LogP contribution in [0.15, 0.2) is 24.3 Å². The summed E-state index contributed by atoms with van der Waals surface area (Å²) in [6.07, 6.45) is 0. The fourth-order valence-corrected chi connectivity index (χ4v) is 1.61. The normalized spacial score (nSPS) is 9.67. The predicted molar refractivity (Wildman–Crippen MR) is 72.5 cm³/mol. The standard InChI is InChI=1S/C12H14N2O3S/c1-8(15)13-10-3-5-11(6-4-10)14-12(17)7-18-9(2)16/h3-6H,7H2,1-2H3,(H,13,15)(H,14,17). The van der Waals surface area contributed by atoms with Crippen LogP contribution < -0.4 is 10.6 Å². The molecule has 96 valence electrons. The zero-order valence-electron chi connectivity index (χ0n) is 10.1. The van der Waals surface area contributed by atoms with Gasteiger partial charge in [-0.1, -0.05) is 11.8 Å². The van der Waals surface area contributed by atoms with Gasteiger partial charge in [-0.2, -0.15) is 0 Å². The molecule has 0 saturated carbocycles. The van der Waals surface area contributed by atoms with Gasteiger partial charge in [0.15, 0.2) is 5.12 Å². The lowest BCUT2D eigenvalue weighted by molar-refractivity contribution is -0.115. The van der Waals surface area contributed by atoms with Crippen molar-refractivity contribution < 1.29 is 14.4 Å². The molecule has 0 saturated heterocycles. The average molecular weight is 266 g/mol. The number of benzene rings is 1. The van der Waals surface area contributed by atoms with Crippen molar-refractivity contribution in [2.24, 2.45) is 0 Å². The van der Waals surface area contributed by atoms with E-state index < -0.39 is 0 Å². The summed E-state index contributed by atoms with van der Waals surface area (Å²) in [7, 11) is 0. The SMILES string of the molecule is CC(=O)Nc1ccc(NC(=O)CSC(C)=O)cc1. The van der Waals surface area contributed by atoms with Crippen LogP contribution in [0.2, 0.25) is 0 Å². The minimum absolute atomic E-state index is 0.0915. The van der Waals surface area contributed by atoms with E-state index in [4.69, 9.17) is 0 Å². The van der Waals surface area contributed by atoms with E-state index in [1.165, 1.54) is 13.8 Å². The maximum atomic E-state index is 11.4. The summed E-state index contributed by atoms with van der Waals surface area (Å²) in [5.74, 6) is -0.282. The minimum Gasteiger partial charge on any atom is -0.326 e. The van der Waals surface area contributed by atoms with Crippen LogP contribution in [0.1, 0.15) is 13.8 Å². The van der Waals surface area contributed by atoms with Gasteiger partial charge in [-0.15, -0.1) is 0 Å². The Morgan fingerprint density at radius 1 is 1.00 bits per heavy atom. The number of nitrogens with one attached hydrogen (secondary N) is 2. The van der Waals surface area contributed by atoms with Crippen molar-refractivity contribution in [1.29, 1.82) is 0 Å². The van der Waals surface area contributed by atoms with E-state index >= 15 is 0 Å². The molecular formula is C12H14N2O3S. The summed E-state index contributed by atoms with van der Waals surface area (Å²) in [5.41, 5.74) is 1.29. The number of carbonyl (C=O) groups is 3. The highest BCUT2D eigenvalue weighted by atomic mass is 32.2. The van der Waals surface area contributed by atoms with Crippen LogP contribution in [0.25, 0.3) is 0 Å². The molecule has 0 bridgehead atoms. The van der Waals surface area contributed by atoms with Gasteiger partial charge in [0, 0.05) is 25.2 Å². The first-order valence-electron chi connectivity index (χ1n) is 5.28. The molecule has 0 aliphatic rings. The lowest BCUT2D eigenvalue weighted by atomic mass is 10.3. The largest absolute Gasteiger partial charge is 0.326 e. The molecule has 1 rings (SSSR count). The quantitative estimate of drug-likeness (QED) is 0.872. The average Bonchev–Trinajstić information content (AvgIpc) is 2.28. The molecule has 2 N–H and O–H groups in total. The molecule has 0 unspecified atom stereocenters. The maximum absolute atomic E-state index is 11.4. The van der Waals surface area contributed by atoms with E-state index in [2.05, 4.69) is 10.6 Å². The van der Waals surface area contributed by atoms with Crippen molar-refractivity contribution in [3.8, 4) is 0 Å². The van der Waals surface area contributed by atoms with Crippen LogP contribution in [0.4, 0.5) is 11.4 Å². The Kier molecular flexibility index (Phi) is 5.38. The number of rotatable bonds is 4. The molecule has 1 aromatic carbocycles. The Hall–Kier alpha value is -1.82. The van der Waals surface area contributed by atoms with Gasteiger partial charge in [0.2, 0.25) is 11.8 Å². The Bertz CT molecular complexity index is 457. The molecule has 0 aliphatic heterocycles. The first kappa shape index (κ1) is 14.2. The lowest BCUT2D eigenvalue weighted by Crippen LogP contribution is -2.14. The zero-order chi connectivity index (χ0) is 13.5. The molecule has 0 heterocycles. The molecule has 2 amide bonds. The monoisotopic (exact) mass is 266 g/mol. The van der Waals surface area contributed by atoms with Gasteiger partial charge in [0.25, 0.3) is 0 Å². The second kappa shape index (κ2) is 6.80. The summed E-state index contributed by atoms with van der Waals surface area (Å²) < 4.78 is 0. The van der Waals surface area contributed by atoms with Crippen molar-refractivity contribution in [2.45, 2.75) is 13.8 Å². The van der Waals surface area contributed by atoms with Crippen molar-refractivity contribution in [2.75, 3.05) is 16.4 Å². The summed E-state index contributed by atoms with van der Waals surface area (Å²) in [4.78, 5) is 32.9. The van der Waals surface area contributed by atoms with Crippen LogP contribution in [-0.2, 0) is 14.4 Å². The van der Waals surface area contributed by atoms with E-state index in [-0.39, 0.29) is 22.7 Å². The lowest BCUT2D eigenvalue weighted by Gasteiger charge is -2.06. The molecule has 0 spiro atoms. The predicted octanol–water partition coefficient (Wildman–Crippen LogP) is 1.86. The first-order chi connectivity index (χ1) is 8.47. The molecule has 5 nitrogen and oxygen atoms in total. The molecule has 0 radical (unpaired) electrons. The smallest absolute Gasteiger partial charge is 0.234 e. The van der Waals surface area contributed by atoms with E-state index in [9.17, 15) is 14.4 Å². The minimum atomic E-state index is -0.234. The fourth-order valence-electron chi connectivity index (χ4n) is 1.20. The third-order valence-corrected chi connectivity index (χ3v) is 2.71. The fraction of sp³-hybridized carbons (Fsp3) is 0.250. The van der Waals surface area contributed by atoms with Crippen LogP contribution in [0, 0.1) is 0 Å². The van der Waals surface area contributed by atoms with Gasteiger partial charge in [0.1, 0.15) is 0 Å². The van der Waals surface area contributed by atoms with Crippen LogP contribution in [0.3, 0.4) is 0 Å². The Morgan fingerprint density at radius 3 is 1.94 bits per heavy atom. The second-order valence-electron chi connectivity index (χ2n) is 3.59. The summed E-state index contributed by atoms with van der Waals surface area (Å²) in [6, 6.07) is 6.74. The van der Waals surface area contributed by atoms with E-state index in [1.54, 1.807) is 24.3 Å². The molecular weight excluding hydrogens is 252 g/mol. The zero-order valence-corrected chi connectivity index (χ0v) is 11.0. The van der Waals surface area contributed by atoms with Gasteiger partial charge in [-0.05, 0) is 24.3 Å². The number of hydrogen-bond acceptors (Lipinski definition) is 4. The maximum Gasteiger partial charge on any atom is 0.234 e. The van der Waals surface area contributed by atoms with Gasteiger partial charge in [-0.25, -0.2) is 0 Å². The Balaban J connectivity index is 2.50. The molecule has 0 aromatic heterocycles. The van der Waals surface area contributed by atoms with Crippen molar-refractivity contribution in [3.05, 3.63) is 24.3 Å². The molecule has 0 fully saturated rings. The molecule has 18 heavy (non-hydrogen) atoms. The molecule has 6 heteroatoms. The van der Waals surface area contributed by atoms with Gasteiger partial charge in [-0.3, -0.25) is 14.4 Å².